The number of hydrogen-bond donors (Lipinski definition) is 1. The van der Waals surface area contributed by atoms with Gasteiger partial charge in [0.25, 0.3) is 0 Å². The van der Waals surface area contributed by atoms with Crippen molar-refractivity contribution >= 4 is 5.78 Å². The van der Waals surface area contributed by atoms with Crippen LogP contribution < -0.4 is 4.74 Å². The SMILES string of the molecule is O=C1CCCc2c1ccc(O[C@@H](Cc1ncc[nH]1)c1ccccc1)c2-c1ccoc1. The van der Waals surface area contributed by atoms with Gasteiger partial charge in [0.2, 0.25) is 0 Å². The molecular formula is C25H22N2O3. The van der Waals surface area contributed by atoms with E-state index in [1.54, 1.807) is 18.7 Å². The molecule has 0 aliphatic heterocycles. The molecule has 0 amide bonds. The molecule has 0 unspecified atom stereocenters. The van der Waals surface area contributed by atoms with Crippen molar-refractivity contribution in [1.29, 1.82) is 0 Å². The van der Waals surface area contributed by atoms with E-state index in [2.05, 4.69) is 22.1 Å². The predicted octanol–water partition coefficient (Wildman–Crippen LogP) is 5.55. The predicted molar refractivity (Wildman–Crippen MR) is 114 cm³/mol. The van der Waals surface area contributed by atoms with E-state index in [1.807, 2.05) is 42.6 Å². The van der Waals surface area contributed by atoms with E-state index in [4.69, 9.17) is 9.15 Å². The van der Waals surface area contributed by atoms with E-state index in [0.29, 0.717) is 12.8 Å². The van der Waals surface area contributed by atoms with Crippen LogP contribution in [0.4, 0.5) is 0 Å². The number of fused-ring (bicyclic) bond motifs is 1. The van der Waals surface area contributed by atoms with E-state index in [0.717, 1.165) is 52.2 Å². The first-order chi connectivity index (χ1) is 14.8. The van der Waals surface area contributed by atoms with E-state index in [9.17, 15) is 4.79 Å². The van der Waals surface area contributed by atoms with Crippen LogP contribution in [-0.4, -0.2) is 15.8 Å². The van der Waals surface area contributed by atoms with Gasteiger partial charge in [-0.1, -0.05) is 30.3 Å². The number of aromatic nitrogens is 2. The number of rotatable bonds is 6. The summed E-state index contributed by atoms with van der Waals surface area (Å²) in [4.78, 5) is 20.0. The number of ketones is 1. The second-order valence-corrected chi connectivity index (χ2v) is 7.51. The summed E-state index contributed by atoms with van der Waals surface area (Å²) in [5, 5.41) is 0. The average molecular weight is 398 g/mol. The largest absolute Gasteiger partial charge is 0.485 e. The third-order valence-corrected chi connectivity index (χ3v) is 5.59. The summed E-state index contributed by atoms with van der Waals surface area (Å²) < 4.78 is 12.0. The third kappa shape index (κ3) is 3.54. The first-order valence-electron chi connectivity index (χ1n) is 10.2. The number of Topliss-reactive ketones (excluding diaryl/α,β-unsaturated/α-hetero) is 1. The van der Waals surface area contributed by atoms with Crippen molar-refractivity contribution in [3.63, 3.8) is 0 Å². The number of ether oxygens (including phenoxy) is 1. The molecule has 5 heteroatoms. The zero-order chi connectivity index (χ0) is 20.3. The first-order valence-corrected chi connectivity index (χ1v) is 10.2. The third-order valence-electron chi connectivity index (χ3n) is 5.59. The fourth-order valence-electron chi connectivity index (χ4n) is 4.16. The summed E-state index contributed by atoms with van der Waals surface area (Å²) in [5.74, 6) is 1.81. The number of hydrogen-bond acceptors (Lipinski definition) is 4. The van der Waals surface area contributed by atoms with Gasteiger partial charge >= 0.3 is 0 Å². The molecule has 1 N–H and O–H groups in total. The molecule has 0 saturated heterocycles. The van der Waals surface area contributed by atoms with Gasteiger partial charge in [-0.05, 0) is 42.2 Å². The van der Waals surface area contributed by atoms with Crippen LogP contribution >= 0.6 is 0 Å². The molecule has 2 heterocycles. The van der Waals surface area contributed by atoms with Gasteiger partial charge in [0.05, 0.1) is 12.5 Å². The Labute approximate surface area is 174 Å². The van der Waals surface area contributed by atoms with Crippen LogP contribution in [0.5, 0.6) is 5.75 Å². The van der Waals surface area contributed by atoms with Crippen LogP contribution in [-0.2, 0) is 12.8 Å². The number of benzene rings is 2. The number of furan rings is 1. The standard InChI is InChI=1S/C25H22N2O3/c28-21-8-4-7-20-19(21)9-10-22(25(20)18-11-14-29-16-18)30-23(15-24-26-12-13-27-24)17-5-2-1-3-6-17/h1-3,5-6,9-14,16,23H,4,7-8,15H2,(H,26,27)/t23-/m0/s1. The summed E-state index contributed by atoms with van der Waals surface area (Å²) in [5.41, 5.74) is 4.80. The van der Waals surface area contributed by atoms with E-state index < -0.39 is 0 Å². The van der Waals surface area contributed by atoms with Crippen molar-refractivity contribution in [2.24, 2.45) is 0 Å². The molecule has 0 bridgehead atoms. The number of imidazole rings is 1. The van der Waals surface area contributed by atoms with Crippen LogP contribution in [0.15, 0.2) is 77.9 Å². The zero-order valence-electron chi connectivity index (χ0n) is 16.5. The Morgan fingerprint density at radius 2 is 2.00 bits per heavy atom. The molecule has 0 spiro atoms. The molecule has 0 saturated carbocycles. The lowest BCUT2D eigenvalue weighted by Crippen LogP contribution is -2.15. The molecule has 4 aromatic rings. The van der Waals surface area contributed by atoms with Gasteiger partial charge in [-0.2, -0.15) is 0 Å². The Bertz CT molecular complexity index is 1130. The first kappa shape index (κ1) is 18.4. The number of H-pyrrole nitrogens is 1. The monoisotopic (exact) mass is 398 g/mol. The summed E-state index contributed by atoms with van der Waals surface area (Å²) >= 11 is 0. The van der Waals surface area contributed by atoms with Crippen molar-refractivity contribution in [3.05, 3.63) is 96.0 Å². The van der Waals surface area contributed by atoms with Crippen molar-refractivity contribution in [2.45, 2.75) is 31.8 Å². The molecule has 1 aliphatic rings. The van der Waals surface area contributed by atoms with Crippen molar-refractivity contribution in [3.8, 4) is 16.9 Å². The highest BCUT2D eigenvalue weighted by atomic mass is 16.5. The second-order valence-electron chi connectivity index (χ2n) is 7.51. The molecule has 1 atom stereocenters. The van der Waals surface area contributed by atoms with E-state index >= 15 is 0 Å². The Hall–Kier alpha value is -3.60. The van der Waals surface area contributed by atoms with Crippen LogP contribution in [0.2, 0.25) is 0 Å². The summed E-state index contributed by atoms with van der Waals surface area (Å²) in [7, 11) is 0. The maximum Gasteiger partial charge on any atom is 0.163 e. The molecule has 0 fully saturated rings. The second kappa shape index (κ2) is 8.03. The number of carbonyl (C=O) groups is 1. The number of aromatic amines is 1. The minimum Gasteiger partial charge on any atom is -0.485 e. The van der Waals surface area contributed by atoms with Crippen molar-refractivity contribution in [2.75, 3.05) is 0 Å². The van der Waals surface area contributed by atoms with Gasteiger partial charge in [-0.25, -0.2) is 4.98 Å². The highest BCUT2D eigenvalue weighted by molar-refractivity contribution is 6.01. The molecule has 30 heavy (non-hydrogen) atoms. The van der Waals surface area contributed by atoms with Gasteiger partial charge < -0.3 is 14.1 Å². The minimum atomic E-state index is -0.222. The quantitative estimate of drug-likeness (QED) is 0.462. The Kier molecular flexibility index (Phi) is 4.93. The normalized spacial score (nSPS) is 14.3. The molecule has 5 rings (SSSR count). The summed E-state index contributed by atoms with van der Waals surface area (Å²) in [6, 6.07) is 15.9. The zero-order valence-corrected chi connectivity index (χ0v) is 16.5. The molecular weight excluding hydrogens is 376 g/mol. The molecule has 2 aromatic heterocycles. The van der Waals surface area contributed by atoms with Gasteiger partial charge in [0.15, 0.2) is 5.78 Å². The maximum absolute atomic E-state index is 12.5. The number of carbonyl (C=O) groups excluding carboxylic acids is 1. The van der Waals surface area contributed by atoms with E-state index in [1.165, 1.54) is 0 Å². The topological polar surface area (TPSA) is 68.1 Å². The van der Waals surface area contributed by atoms with Crippen molar-refractivity contribution in [1.82, 2.24) is 9.97 Å². The van der Waals surface area contributed by atoms with Gasteiger partial charge in [-0.3, -0.25) is 4.79 Å². The highest BCUT2D eigenvalue weighted by Crippen LogP contribution is 2.41. The fourth-order valence-corrected chi connectivity index (χ4v) is 4.16. The van der Waals surface area contributed by atoms with Crippen molar-refractivity contribution < 1.29 is 13.9 Å². The summed E-state index contributed by atoms with van der Waals surface area (Å²) in [6.45, 7) is 0. The lowest BCUT2D eigenvalue weighted by molar-refractivity contribution is 0.0972. The lowest BCUT2D eigenvalue weighted by Gasteiger charge is -2.25. The van der Waals surface area contributed by atoms with Crippen LogP contribution in [0.1, 0.15) is 46.3 Å². The van der Waals surface area contributed by atoms with Gasteiger partial charge in [0.1, 0.15) is 17.7 Å². The number of nitrogens with zero attached hydrogens (tertiary/aromatic N) is 1. The Balaban J connectivity index is 1.59. The van der Waals surface area contributed by atoms with Gasteiger partial charge in [-0.15, -0.1) is 0 Å². The van der Waals surface area contributed by atoms with Crippen LogP contribution in [0, 0.1) is 0 Å². The Morgan fingerprint density at radius 3 is 2.77 bits per heavy atom. The highest BCUT2D eigenvalue weighted by Gasteiger charge is 2.26. The average Bonchev–Trinajstić information content (AvgIpc) is 3.48. The molecule has 0 radical (unpaired) electrons. The van der Waals surface area contributed by atoms with E-state index in [-0.39, 0.29) is 11.9 Å². The molecule has 2 aromatic carbocycles. The minimum absolute atomic E-state index is 0.197. The lowest BCUT2D eigenvalue weighted by atomic mass is 9.85. The van der Waals surface area contributed by atoms with Crippen LogP contribution in [0.3, 0.4) is 0 Å². The number of nitrogens with one attached hydrogen (secondary N) is 1. The van der Waals surface area contributed by atoms with Crippen LogP contribution in [0.25, 0.3) is 11.1 Å². The smallest absolute Gasteiger partial charge is 0.163 e. The molecule has 5 nitrogen and oxygen atoms in total. The fraction of sp³-hybridized carbons (Fsp3) is 0.200. The molecule has 150 valence electrons. The summed E-state index contributed by atoms with van der Waals surface area (Å²) in [6.07, 6.45) is 9.63. The molecule has 1 aliphatic carbocycles. The maximum atomic E-state index is 12.5. The Morgan fingerprint density at radius 1 is 1.10 bits per heavy atom. The van der Waals surface area contributed by atoms with Gasteiger partial charge in [0, 0.05) is 41.9 Å².